The summed E-state index contributed by atoms with van der Waals surface area (Å²) in [5.41, 5.74) is 2.99. The lowest BCUT2D eigenvalue weighted by Gasteiger charge is -2.20. The maximum Gasteiger partial charge on any atom is -0.00187 e. The Bertz CT molecular complexity index is 372. The quantitative estimate of drug-likeness (QED) is 0.461. The minimum Gasteiger partial charge on any atom is -0.412 e. The van der Waals surface area contributed by atoms with E-state index >= 15 is 0 Å². The summed E-state index contributed by atoms with van der Waals surface area (Å²) < 4.78 is 0. The van der Waals surface area contributed by atoms with Crippen LogP contribution in [0.5, 0.6) is 0 Å². The van der Waals surface area contributed by atoms with Crippen LogP contribution in [0.25, 0.3) is 0 Å². The molecule has 0 atom stereocenters. The van der Waals surface area contributed by atoms with E-state index in [-0.39, 0.29) is 5.48 Å². The standard InChI is InChI=1S/C21H37N.H2O/c1-4-17-22(18-5-2)19-13-9-7-6-8-10-15-21-16-12-11-14-20(21)3;/h11-12,14,16H,4-10,13,15,17-19H2,1-3H3;1H2. The first-order valence-corrected chi connectivity index (χ1v) is 9.54. The van der Waals surface area contributed by atoms with E-state index < -0.39 is 0 Å². The fourth-order valence-electron chi connectivity index (χ4n) is 3.22. The van der Waals surface area contributed by atoms with Crippen LogP contribution in [0.15, 0.2) is 24.3 Å². The summed E-state index contributed by atoms with van der Waals surface area (Å²) in [6, 6.07) is 8.82. The molecule has 0 fully saturated rings. The highest BCUT2D eigenvalue weighted by atomic mass is 16.0. The summed E-state index contributed by atoms with van der Waals surface area (Å²) in [4.78, 5) is 2.64. The molecule has 0 aliphatic carbocycles. The van der Waals surface area contributed by atoms with Crippen molar-refractivity contribution in [2.45, 2.75) is 78.6 Å². The fraction of sp³-hybridized carbons (Fsp3) is 0.714. The number of unbranched alkanes of at least 4 members (excludes halogenated alkanes) is 5. The molecule has 2 nitrogen and oxygen atoms in total. The summed E-state index contributed by atoms with van der Waals surface area (Å²) in [7, 11) is 0. The maximum absolute atomic E-state index is 2.64. The summed E-state index contributed by atoms with van der Waals surface area (Å²) in [5, 5.41) is 0. The highest BCUT2D eigenvalue weighted by Gasteiger charge is 2.02. The van der Waals surface area contributed by atoms with Gasteiger partial charge in [0.15, 0.2) is 0 Å². The van der Waals surface area contributed by atoms with Crippen molar-refractivity contribution in [1.82, 2.24) is 4.90 Å². The van der Waals surface area contributed by atoms with Crippen molar-refractivity contribution < 1.29 is 5.48 Å². The summed E-state index contributed by atoms with van der Waals surface area (Å²) in [6.07, 6.45) is 12.2. The smallest absolute Gasteiger partial charge is 0.00187 e. The molecule has 0 bridgehead atoms. The Morgan fingerprint density at radius 3 is 1.91 bits per heavy atom. The number of aryl methyl sites for hydroxylation is 2. The third-order valence-electron chi connectivity index (χ3n) is 4.51. The molecule has 0 aromatic heterocycles. The Kier molecular flexibility index (Phi) is 14.2. The molecule has 2 heteroatoms. The first-order valence-electron chi connectivity index (χ1n) is 9.54. The van der Waals surface area contributed by atoms with Gasteiger partial charge in [0.1, 0.15) is 0 Å². The van der Waals surface area contributed by atoms with Gasteiger partial charge >= 0.3 is 0 Å². The van der Waals surface area contributed by atoms with Crippen molar-refractivity contribution in [1.29, 1.82) is 0 Å². The van der Waals surface area contributed by atoms with Crippen LogP contribution >= 0.6 is 0 Å². The molecule has 134 valence electrons. The Labute approximate surface area is 144 Å². The van der Waals surface area contributed by atoms with Crippen molar-refractivity contribution in [2.24, 2.45) is 0 Å². The van der Waals surface area contributed by atoms with E-state index in [2.05, 4.69) is 49.9 Å². The Morgan fingerprint density at radius 2 is 1.30 bits per heavy atom. The lowest BCUT2D eigenvalue weighted by atomic mass is 10.0. The number of rotatable bonds is 13. The van der Waals surface area contributed by atoms with Crippen molar-refractivity contribution in [3.8, 4) is 0 Å². The zero-order valence-corrected chi connectivity index (χ0v) is 15.7. The molecule has 0 aliphatic rings. The number of hydrogen-bond acceptors (Lipinski definition) is 1. The van der Waals surface area contributed by atoms with Crippen LogP contribution in [0.3, 0.4) is 0 Å². The molecule has 0 saturated heterocycles. The van der Waals surface area contributed by atoms with Gasteiger partial charge in [-0.25, -0.2) is 0 Å². The summed E-state index contributed by atoms with van der Waals surface area (Å²) >= 11 is 0. The second-order valence-corrected chi connectivity index (χ2v) is 6.64. The van der Waals surface area contributed by atoms with Crippen LogP contribution < -0.4 is 0 Å². The van der Waals surface area contributed by atoms with Gasteiger partial charge in [0.2, 0.25) is 0 Å². The van der Waals surface area contributed by atoms with Gasteiger partial charge < -0.3 is 10.4 Å². The molecule has 1 rings (SSSR count). The molecule has 0 saturated carbocycles. The predicted octanol–water partition coefficient (Wildman–Crippen LogP) is 5.18. The van der Waals surface area contributed by atoms with Gasteiger partial charge in [-0.05, 0) is 69.8 Å². The van der Waals surface area contributed by atoms with Crippen molar-refractivity contribution in [3.63, 3.8) is 0 Å². The average molecular weight is 322 g/mol. The molecule has 23 heavy (non-hydrogen) atoms. The highest BCUT2D eigenvalue weighted by molar-refractivity contribution is 5.25. The third-order valence-corrected chi connectivity index (χ3v) is 4.51. The van der Waals surface area contributed by atoms with E-state index in [1.807, 2.05) is 0 Å². The van der Waals surface area contributed by atoms with Gasteiger partial charge in [0.25, 0.3) is 0 Å². The number of nitrogens with zero attached hydrogens (tertiary/aromatic N) is 1. The molecule has 0 amide bonds. The van der Waals surface area contributed by atoms with E-state index in [0.717, 1.165) is 0 Å². The second-order valence-electron chi connectivity index (χ2n) is 6.64. The van der Waals surface area contributed by atoms with Crippen LogP contribution in [0.4, 0.5) is 0 Å². The van der Waals surface area contributed by atoms with Gasteiger partial charge in [0, 0.05) is 0 Å². The average Bonchev–Trinajstić information content (AvgIpc) is 2.52. The van der Waals surface area contributed by atoms with Gasteiger partial charge in [-0.15, -0.1) is 0 Å². The Hall–Kier alpha value is -0.860. The number of benzene rings is 1. The summed E-state index contributed by atoms with van der Waals surface area (Å²) in [6.45, 7) is 10.7. The highest BCUT2D eigenvalue weighted by Crippen LogP contribution is 2.13. The van der Waals surface area contributed by atoms with Gasteiger partial charge in [-0.2, -0.15) is 0 Å². The predicted molar refractivity (Wildman–Crippen MR) is 103 cm³/mol. The number of hydrogen-bond donors (Lipinski definition) is 0. The largest absolute Gasteiger partial charge is 0.412 e. The van der Waals surface area contributed by atoms with E-state index in [4.69, 9.17) is 0 Å². The van der Waals surface area contributed by atoms with Crippen molar-refractivity contribution in [2.75, 3.05) is 19.6 Å². The molecular formula is C21H39NO. The SMILES string of the molecule is CCCN(CCC)CCCCCCCCc1ccccc1C.O. The topological polar surface area (TPSA) is 34.7 Å². The first kappa shape index (κ1) is 22.1. The van der Waals surface area contributed by atoms with E-state index in [9.17, 15) is 0 Å². The maximum atomic E-state index is 2.64. The summed E-state index contributed by atoms with van der Waals surface area (Å²) in [5.74, 6) is 0. The minimum absolute atomic E-state index is 0. The molecule has 0 unspecified atom stereocenters. The van der Waals surface area contributed by atoms with Crippen LogP contribution in [-0.4, -0.2) is 30.0 Å². The van der Waals surface area contributed by atoms with E-state index in [1.165, 1.54) is 88.5 Å². The van der Waals surface area contributed by atoms with E-state index in [0.29, 0.717) is 0 Å². The Balaban J connectivity index is 0.00000484. The normalized spacial score (nSPS) is 10.8. The molecular weight excluding hydrogens is 282 g/mol. The van der Waals surface area contributed by atoms with Crippen molar-refractivity contribution in [3.05, 3.63) is 35.4 Å². The van der Waals surface area contributed by atoms with Crippen molar-refractivity contribution >= 4 is 0 Å². The fourth-order valence-corrected chi connectivity index (χ4v) is 3.22. The lowest BCUT2D eigenvalue weighted by Crippen LogP contribution is -2.26. The molecule has 1 aromatic rings. The zero-order valence-electron chi connectivity index (χ0n) is 15.7. The zero-order chi connectivity index (χ0) is 16.0. The third kappa shape index (κ3) is 10.5. The molecule has 0 aliphatic heterocycles. The van der Waals surface area contributed by atoms with Gasteiger partial charge in [0.05, 0.1) is 0 Å². The molecule has 0 heterocycles. The molecule has 1 aromatic carbocycles. The monoisotopic (exact) mass is 321 g/mol. The first-order chi connectivity index (χ1) is 10.8. The lowest BCUT2D eigenvalue weighted by molar-refractivity contribution is 0.267. The molecule has 0 spiro atoms. The van der Waals surface area contributed by atoms with Gasteiger partial charge in [-0.3, -0.25) is 0 Å². The van der Waals surface area contributed by atoms with Gasteiger partial charge in [-0.1, -0.05) is 63.8 Å². The molecule has 0 radical (unpaired) electrons. The van der Waals surface area contributed by atoms with Crippen LogP contribution in [0, 0.1) is 6.92 Å². The van der Waals surface area contributed by atoms with Crippen LogP contribution in [-0.2, 0) is 6.42 Å². The van der Waals surface area contributed by atoms with E-state index in [1.54, 1.807) is 0 Å². The van der Waals surface area contributed by atoms with Crippen LogP contribution in [0.1, 0.15) is 76.3 Å². The molecule has 2 N–H and O–H groups in total. The Morgan fingerprint density at radius 1 is 0.739 bits per heavy atom. The minimum atomic E-state index is 0. The van der Waals surface area contributed by atoms with Crippen LogP contribution in [0.2, 0.25) is 0 Å². The second kappa shape index (κ2) is 14.7.